The average molecular weight is 518 g/mol. The molecule has 1 atom stereocenters. The van der Waals surface area contributed by atoms with E-state index in [9.17, 15) is 13.8 Å². The number of anilines is 1. The second-order valence-electron chi connectivity index (χ2n) is 9.40. The van der Waals surface area contributed by atoms with Crippen LogP contribution in [-0.2, 0) is 17.3 Å². The minimum atomic E-state index is -1.55. The Morgan fingerprint density at radius 2 is 1.73 bits per heavy atom. The predicted molar refractivity (Wildman–Crippen MR) is 149 cm³/mol. The zero-order valence-corrected chi connectivity index (χ0v) is 22.9. The number of nitrogens with one attached hydrogen (secondary N) is 1. The minimum absolute atomic E-state index is 0.200. The second kappa shape index (κ2) is 11.8. The van der Waals surface area contributed by atoms with E-state index >= 15 is 0 Å². The van der Waals surface area contributed by atoms with Crippen LogP contribution in [0.25, 0.3) is 0 Å². The molecule has 3 aromatic carbocycles. The van der Waals surface area contributed by atoms with Crippen LogP contribution in [0.5, 0.6) is 0 Å². The molecule has 1 heterocycles. The van der Waals surface area contributed by atoms with Crippen molar-refractivity contribution < 1.29 is 13.8 Å². The van der Waals surface area contributed by atoms with Crippen LogP contribution < -0.4 is 10.2 Å². The molecule has 4 rings (SSSR count). The van der Waals surface area contributed by atoms with Crippen molar-refractivity contribution in [2.24, 2.45) is 0 Å². The van der Waals surface area contributed by atoms with Crippen LogP contribution in [0.3, 0.4) is 0 Å². The van der Waals surface area contributed by atoms with Crippen molar-refractivity contribution in [3.8, 4) is 0 Å². The molecule has 0 saturated heterocycles. The van der Waals surface area contributed by atoms with Crippen LogP contribution >= 0.6 is 0 Å². The number of amides is 2. The Morgan fingerprint density at radius 3 is 2.49 bits per heavy atom. The molecule has 0 radical (unpaired) electrons. The lowest BCUT2D eigenvalue weighted by Gasteiger charge is -2.24. The molecular weight excluding hydrogens is 482 g/mol. The summed E-state index contributed by atoms with van der Waals surface area (Å²) in [6.45, 7) is 12.1. The van der Waals surface area contributed by atoms with E-state index < -0.39 is 10.8 Å². The number of nitrogens with zero attached hydrogens (tertiary/aromatic N) is 2. The monoisotopic (exact) mass is 517 g/mol. The molecule has 0 aliphatic carbocycles. The van der Waals surface area contributed by atoms with Gasteiger partial charge in [-0.05, 0) is 81.4 Å². The van der Waals surface area contributed by atoms with Gasteiger partial charge in [-0.1, -0.05) is 49.7 Å². The highest BCUT2D eigenvalue weighted by Crippen LogP contribution is 2.36. The maximum Gasteiger partial charge on any atom is 0.259 e. The van der Waals surface area contributed by atoms with Crippen molar-refractivity contribution in [3.05, 3.63) is 88.5 Å². The standard InChI is InChI=1S/C30H35N3O3S/c1-5-32(6-2)17-9-16-31-29(34)23-14-15-28-26(19-23)33(20-24-18-21(3)12-13-22(24)4)30(35)25-10-7-8-11-27(25)37(28)36/h7-8,10-15,18-19H,5-6,9,16-17,20H2,1-4H3,(H,31,34). The third-order valence-electron chi connectivity index (χ3n) is 6.94. The van der Waals surface area contributed by atoms with Gasteiger partial charge >= 0.3 is 0 Å². The summed E-state index contributed by atoms with van der Waals surface area (Å²) in [5.41, 5.74) is 4.56. The zero-order valence-electron chi connectivity index (χ0n) is 22.0. The topological polar surface area (TPSA) is 69.7 Å². The summed E-state index contributed by atoms with van der Waals surface area (Å²) >= 11 is 0. The first-order valence-corrected chi connectivity index (χ1v) is 14.0. The predicted octanol–water partition coefficient (Wildman–Crippen LogP) is 5.09. The Balaban J connectivity index is 1.68. The molecule has 0 aromatic heterocycles. The van der Waals surface area contributed by atoms with E-state index in [1.165, 1.54) is 0 Å². The van der Waals surface area contributed by atoms with E-state index in [4.69, 9.17) is 0 Å². The van der Waals surface area contributed by atoms with E-state index in [0.717, 1.165) is 42.7 Å². The molecule has 0 saturated carbocycles. The summed E-state index contributed by atoms with van der Waals surface area (Å²) in [6.07, 6.45) is 0.856. The van der Waals surface area contributed by atoms with Crippen molar-refractivity contribution in [2.75, 3.05) is 31.1 Å². The zero-order chi connectivity index (χ0) is 26.5. The van der Waals surface area contributed by atoms with E-state index in [1.54, 1.807) is 47.4 Å². The number of rotatable bonds is 9. The van der Waals surface area contributed by atoms with Gasteiger partial charge in [-0.15, -0.1) is 0 Å². The quantitative estimate of drug-likeness (QED) is 0.402. The first-order valence-electron chi connectivity index (χ1n) is 12.9. The molecule has 0 spiro atoms. The minimum Gasteiger partial charge on any atom is -0.352 e. The van der Waals surface area contributed by atoms with E-state index in [2.05, 4.69) is 30.1 Å². The SMILES string of the molecule is CCN(CC)CCCNC(=O)c1ccc2c(c1)N(Cc1cc(C)ccc1C)C(=O)c1ccccc1S2=O. The maximum atomic E-state index is 13.8. The molecule has 1 unspecified atom stereocenters. The lowest BCUT2D eigenvalue weighted by atomic mass is 10.0. The Labute approximate surface area is 222 Å². The van der Waals surface area contributed by atoms with Crippen LogP contribution in [-0.4, -0.2) is 47.1 Å². The number of benzene rings is 3. The van der Waals surface area contributed by atoms with E-state index in [0.29, 0.717) is 39.7 Å². The Bertz CT molecular complexity index is 1330. The lowest BCUT2D eigenvalue weighted by Crippen LogP contribution is -2.32. The highest BCUT2D eigenvalue weighted by atomic mass is 32.2. The van der Waals surface area contributed by atoms with Crippen LogP contribution in [0.15, 0.2) is 70.5 Å². The van der Waals surface area contributed by atoms with Gasteiger partial charge in [0.25, 0.3) is 11.8 Å². The Hall–Kier alpha value is -3.29. The summed E-state index contributed by atoms with van der Waals surface area (Å²) in [6, 6.07) is 18.3. The number of carbonyl (C=O) groups excluding carboxylic acids is 2. The summed E-state index contributed by atoms with van der Waals surface area (Å²) in [4.78, 5) is 31.9. The highest BCUT2D eigenvalue weighted by molar-refractivity contribution is 7.85. The number of fused-ring (bicyclic) bond motifs is 2. The molecule has 37 heavy (non-hydrogen) atoms. The molecule has 1 aliphatic heterocycles. The molecule has 0 bridgehead atoms. The molecular formula is C30H35N3O3S. The first kappa shape index (κ1) is 26.8. The summed E-state index contributed by atoms with van der Waals surface area (Å²) in [5.74, 6) is -0.422. The fraction of sp³-hybridized carbons (Fsp3) is 0.333. The Morgan fingerprint density at radius 1 is 0.973 bits per heavy atom. The molecule has 1 aliphatic rings. The third-order valence-corrected chi connectivity index (χ3v) is 8.44. The van der Waals surface area contributed by atoms with Gasteiger partial charge in [0, 0.05) is 12.1 Å². The number of hydrogen-bond acceptors (Lipinski definition) is 4. The van der Waals surface area contributed by atoms with Gasteiger partial charge in [-0.2, -0.15) is 0 Å². The normalized spacial score (nSPS) is 14.8. The van der Waals surface area contributed by atoms with Crippen molar-refractivity contribution in [1.82, 2.24) is 10.2 Å². The molecule has 7 heteroatoms. The second-order valence-corrected chi connectivity index (χ2v) is 10.8. The van der Waals surface area contributed by atoms with Gasteiger partial charge in [0.05, 0.1) is 38.4 Å². The van der Waals surface area contributed by atoms with E-state index in [-0.39, 0.29) is 11.8 Å². The van der Waals surface area contributed by atoms with Gasteiger partial charge in [0.2, 0.25) is 0 Å². The largest absolute Gasteiger partial charge is 0.352 e. The van der Waals surface area contributed by atoms with Gasteiger partial charge in [0.1, 0.15) is 0 Å². The molecule has 194 valence electrons. The maximum absolute atomic E-state index is 13.8. The van der Waals surface area contributed by atoms with Crippen LogP contribution in [0.4, 0.5) is 5.69 Å². The number of hydrogen-bond donors (Lipinski definition) is 1. The Kier molecular flexibility index (Phi) is 8.56. The van der Waals surface area contributed by atoms with Gasteiger partial charge in [-0.3, -0.25) is 9.59 Å². The van der Waals surface area contributed by atoms with Crippen LogP contribution in [0.2, 0.25) is 0 Å². The van der Waals surface area contributed by atoms with Gasteiger partial charge < -0.3 is 15.1 Å². The fourth-order valence-corrected chi connectivity index (χ4v) is 5.99. The van der Waals surface area contributed by atoms with Gasteiger partial charge in [0.15, 0.2) is 0 Å². The summed E-state index contributed by atoms with van der Waals surface area (Å²) in [7, 11) is -1.55. The fourth-order valence-electron chi connectivity index (χ4n) is 4.65. The van der Waals surface area contributed by atoms with E-state index in [1.807, 2.05) is 26.0 Å². The summed E-state index contributed by atoms with van der Waals surface area (Å²) in [5, 5.41) is 3.00. The molecule has 0 fully saturated rings. The number of carbonyl (C=O) groups is 2. The van der Waals surface area contributed by atoms with Crippen LogP contribution in [0, 0.1) is 13.8 Å². The highest BCUT2D eigenvalue weighted by Gasteiger charge is 2.31. The average Bonchev–Trinajstić information content (AvgIpc) is 3.00. The van der Waals surface area contributed by atoms with Crippen LogP contribution in [0.1, 0.15) is 57.7 Å². The smallest absolute Gasteiger partial charge is 0.259 e. The number of aryl methyl sites for hydroxylation is 2. The summed E-state index contributed by atoms with van der Waals surface area (Å²) < 4.78 is 13.6. The van der Waals surface area contributed by atoms with Crippen molar-refractivity contribution in [3.63, 3.8) is 0 Å². The third kappa shape index (κ3) is 5.84. The van der Waals surface area contributed by atoms with Crippen molar-refractivity contribution in [1.29, 1.82) is 0 Å². The lowest BCUT2D eigenvalue weighted by molar-refractivity contribution is 0.0948. The molecule has 1 N–H and O–H groups in total. The molecule has 6 nitrogen and oxygen atoms in total. The van der Waals surface area contributed by atoms with Crippen molar-refractivity contribution in [2.45, 2.75) is 50.5 Å². The van der Waals surface area contributed by atoms with Crippen molar-refractivity contribution >= 4 is 28.3 Å². The van der Waals surface area contributed by atoms with Gasteiger partial charge in [-0.25, -0.2) is 4.21 Å². The first-order chi connectivity index (χ1) is 17.8. The molecule has 3 aromatic rings. The molecule has 2 amide bonds.